The number of hydrogen-bond donors (Lipinski definition) is 0. The van der Waals surface area contributed by atoms with Crippen molar-refractivity contribution in [1.82, 2.24) is 0 Å². The molecule has 0 fully saturated rings. The van der Waals surface area contributed by atoms with Gasteiger partial charge in [-0.1, -0.05) is 31.9 Å². The van der Waals surface area contributed by atoms with E-state index in [0.717, 1.165) is 0 Å². The molecule has 16 heavy (non-hydrogen) atoms. The zero-order valence-corrected chi connectivity index (χ0v) is 11.1. The summed E-state index contributed by atoms with van der Waals surface area (Å²) in [5, 5.41) is 0. The summed E-state index contributed by atoms with van der Waals surface area (Å²) < 4.78 is 37.0. The molecule has 0 amide bonds. The minimum Gasteiger partial charge on any atom is -0.294 e. The third-order valence-corrected chi connectivity index (χ3v) is 3.05. The van der Waals surface area contributed by atoms with E-state index in [1.165, 1.54) is 6.07 Å². The minimum absolute atomic E-state index is 0.263. The fourth-order valence-corrected chi connectivity index (χ4v) is 1.93. The van der Waals surface area contributed by atoms with Crippen molar-refractivity contribution < 1.29 is 18.0 Å². The Morgan fingerprint density at radius 2 is 1.88 bits per heavy atom. The molecule has 88 valence electrons. The van der Waals surface area contributed by atoms with Crippen LogP contribution in [0.5, 0.6) is 0 Å². The number of carbonyl (C=O) groups is 1. The molecule has 0 aliphatic carbocycles. The van der Waals surface area contributed by atoms with E-state index in [4.69, 9.17) is 0 Å². The van der Waals surface area contributed by atoms with Gasteiger partial charge in [0, 0.05) is 20.9 Å². The molecule has 0 N–H and O–H groups in total. The second-order valence-corrected chi connectivity index (χ2v) is 4.93. The highest BCUT2D eigenvalue weighted by Crippen LogP contribution is 2.26. The number of hydrogen-bond acceptors (Lipinski definition) is 1. The molecule has 0 saturated carbocycles. The number of alkyl halides is 3. The van der Waals surface area contributed by atoms with Gasteiger partial charge in [0.1, 0.15) is 0 Å². The predicted molar refractivity (Wildman–Crippen MR) is 61.5 cm³/mol. The lowest BCUT2D eigenvalue weighted by Gasteiger charge is -2.07. The molecule has 0 aromatic heterocycles. The first-order chi connectivity index (χ1) is 7.29. The molecule has 0 saturated heterocycles. The SMILES string of the molecule is O=C(CCC(F)(F)F)c1cc(Br)ccc1Br. The van der Waals surface area contributed by atoms with Crippen molar-refractivity contribution in [3.63, 3.8) is 0 Å². The third kappa shape index (κ3) is 4.25. The lowest BCUT2D eigenvalue weighted by Crippen LogP contribution is -2.11. The first-order valence-corrected chi connectivity index (χ1v) is 5.93. The Hall–Kier alpha value is -0.360. The summed E-state index contributed by atoms with van der Waals surface area (Å²) in [6, 6.07) is 4.82. The molecule has 0 bridgehead atoms. The lowest BCUT2D eigenvalue weighted by molar-refractivity contribution is -0.133. The maximum atomic E-state index is 11.9. The van der Waals surface area contributed by atoms with E-state index in [2.05, 4.69) is 31.9 Å². The van der Waals surface area contributed by atoms with Crippen LogP contribution in [0, 0.1) is 0 Å². The highest BCUT2D eigenvalue weighted by molar-refractivity contribution is 9.11. The Morgan fingerprint density at radius 1 is 1.25 bits per heavy atom. The van der Waals surface area contributed by atoms with Crippen molar-refractivity contribution in [2.75, 3.05) is 0 Å². The topological polar surface area (TPSA) is 17.1 Å². The highest BCUT2D eigenvalue weighted by atomic mass is 79.9. The lowest BCUT2D eigenvalue weighted by atomic mass is 10.1. The highest BCUT2D eigenvalue weighted by Gasteiger charge is 2.28. The Balaban J connectivity index is 2.77. The van der Waals surface area contributed by atoms with Gasteiger partial charge in [-0.15, -0.1) is 0 Å². The van der Waals surface area contributed by atoms with E-state index in [1.54, 1.807) is 12.1 Å². The minimum atomic E-state index is -4.30. The maximum absolute atomic E-state index is 11.9. The van der Waals surface area contributed by atoms with Crippen LogP contribution in [0.2, 0.25) is 0 Å². The Bertz CT molecular complexity index is 402. The average molecular weight is 360 g/mol. The number of ketones is 1. The van der Waals surface area contributed by atoms with Gasteiger partial charge < -0.3 is 0 Å². The van der Waals surface area contributed by atoms with Crippen molar-refractivity contribution in [2.45, 2.75) is 19.0 Å². The van der Waals surface area contributed by atoms with Crippen LogP contribution in [-0.4, -0.2) is 12.0 Å². The number of halogens is 5. The van der Waals surface area contributed by atoms with Crippen molar-refractivity contribution in [3.8, 4) is 0 Å². The zero-order chi connectivity index (χ0) is 12.3. The first kappa shape index (κ1) is 13.7. The molecule has 6 heteroatoms. The van der Waals surface area contributed by atoms with Crippen LogP contribution in [0.4, 0.5) is 13.2 Å². The molecule has 1 aromatic carbocycles. The van der Waals surface area contributed by atoms with E-state index in [9.17, 15) is 18.0 Å². The van der Waals surface area contributed by atoms with Crippen LogP contribution in [0.15, 0.2) is 27.1 Å². The van der Waals surface area contributed by atoms with Gasteiger partial charge in [0.25, 0.3) is 0 Å². The van der Waals surface area contributed by atoms with Gasteiger partial charge in [0.15, 0.2) is 5.78 Å². The molecule has 0 radical (unpaired) electrons. The van der Waals surface area contributed by atoms with E-state index in [1.807, 2.05) is 0 Å². The third-order valence-electron chi connectivity index (χ3n) is 1.86. The summed E-state index contributed by atoms with van der Waals surface area (Å²) in [5.41, 5.74) is 0.263. The number of Topliss-reactive ketones (excluding diaryl/α,β-unsaturated/α-hetero) is 1. The van der Waals surface area contributed by atoms with Crippen LogP contribution >= 0.6 is 31.9 Å². The molecule has 1 aromatic rings. The van der Waals surface area contributed by atoms with Crippen molar-refractivity contribution in [1.29, 1.82) is 0 Å². The Kier molecular flexibility index (Phi) is 4.55. The fraction of sp³-hybridized carbons (Fsp3) is 0.300. The number of benzene rings is 1. The molecule has 0 aliphatic heterocycles. The average Bonchev–Trinajstić information content (AvgIpc) is 2.17. The normalized spacial score (nSPS) is 11.6. The summed E-state index contributed by atoms with van der Waals surface area (Å²) >= 11 is 6.29. The summed E-state index contributed by atoms with van der Waals surface area (Å²) in [4.78, 5) is 11.5. The number of carbonyl (C=O) groups excluding carboxylic acids is 1. The standard InChI is InChI=1S/C10H7Br2F3O/c11-6-1-2-8(12)7(5-6)9(16)3-4-10(13,14)15/h1-2,5H,3-4H2. The molecule has 0 spiro atoms. The van der Waals surface area contributed by atoms with Gasteiger partial charge in [-0.2, -0.15) is 13.2 Å². The van der Waals surface area contributed by atoms with Crippen molar-refractivity contribution in [2.24, 2.45) is 0 Å². The molecule has 0 atom stereocenters. The molecular formula is C10H7Br2F3O. The van der Waals surface area contributed by atoms with Crippen LogP contribution < -0.4 is 0 Å². The molecule has 0 unspecified atom stereocenters. The van der Waals surface area contributed by atoms with E-state index in [-0.39, 0.29) is 5.56 Å². The molecule has 0 heterocycles. The first-order valence-electron chi connectivity index (χ1n) is 4.34. The smallest absolute Gasteiger partial charge is 0.294 e. The van der Waals surface area contributed by atoms with Gasteiger partial charge in [-0.25, -0.2) is 0 Å². The molecule has 1 rings (SSSR count). The fourth-order valence-electron chi connectivity index (χ4n) is 1.10. The summed E-state index contributed by atoms with van der Waals surface area (Å²) in [6.45, 7) is 0. The van der Waals surface area contributed by atoms with Crippen LogP contribution in [0.1, 0.15) is 23.2 Å². The van der Waals surface area contributed by atoms with Gasteiger partial charge in [-0.3, -0.25) is 4.79 Å². The van der Waals surface area contributed by atoms with Gasteiger partial charge in [-0.05, 0) is 18.2 Å². The Labute approximate surface area is 107 Å². The summed E-state index contributed by atoms with van der Waals surface area (Å²) in [6.07, 6.45) is -5.92. The van der Waals surface area contributed by atoms with Gasteiger partial charge >= 0.3 is 6.18 Å². The van der Waals surface area contributed by atoms with Crippen molar-refractivity contribution >= 4 is 37.6 Å². The predicted octanol–water partition coefficient (Wildman–Crippen LogP) is 4.74. The van der Waals surface area contributed by atoms with E-state index < -0.39 is 24.8 Å². The van der Waals surface area contributed by atoms with Gasteiger partial charge in [0.05, 0.1) is 6.42 Å². The van der Waals surface area contributed by atoms with E-state index in [0.29, 0.717) is 8.95 Å². The van der Waals surface area contributed by atoms with Crippen LogP contribution in [0.3, 0.4) is 0 Å². The molecular weight excluding hydrogens is 353 g/mol. The molecule has 1 nitrogen and oxygen atoms in total. The monoisotopic (exact) mass is 358 g/mol. The van der Waals surface area contributed by atoms with Crippen molar-refractivity contribution in [3.05, 3.63) is 32.7 Å². The molecule has 0 aliphatic rings. The summed E-state index contributed by atoms with van der Waals surface area (Å²) in [5.74, 6) is -0.523. The summed E-state index contributed by atoms with van der Waals surface area (Å²) in [7, 11) is 0. The van der Waals surface area contributed by atoms with Crippen LogP contribution in [-0.2, 0) is 0 Å². The number of rotatable bonds is 3. The second-order valence-electron chi connectivity index (χ2n) is 3.16. The van der Waals surface area contributed by atoms with Crippen LogP contribution in [0.25, 0.3) is 0 Å². The largest absolute Gasteiger partial charge is 0.389 e. The zero-order valence-electron chi connectivity index (χ0n) is 7.94. The second kappa shape index (κ2) is 5.31. The quantitative estimate of drug-likeness (QED) is 0.712. The maximum Gasteiger partial charge on any atom is 0.389 e. The van der Waals surface area contributed by atoms with Gasteiger partial charge in [0.2, 0.25) is 0 Å². The van der Waals surface area contributed by atoms with E-state index >= 15 is 0 Å². The Morgan fingerprint density at radius 3 is 2.44 bits per heavy atom.